The minimum absolute atomic E-state index is 0.0656. The molecule has 0 saturated heterocycles. The maximum Gasteiger partial charge on any atom is 0.407 e. The van der Waals surface area contributed by atoms with Crippen molar-refractivity contribution in [3.05, 3.63) is 237 Å². The van der Waals surface area contributed by atoms with Crippen molar-refractivity contribution < 1.29 is 48.3 Å². The minimum atomic E-state index is -1.20. The molecule has 14 nitrogen and oxygen atoms in total. The van der Waals surface area contributed by atoms with Crippen LogP contribution in [-0.4, -0.2) is 83.8 Å². The van der Waals surface area contributed by atoms with Gasteiger partial charge in [0.05, 0.1) is 14.2 Å². The zero-order valence-electron chi connectivity index (χ0n) is 44.2. The molecule has 2 aliphatic carbocycles. The van der Waals surface area contributed by atoms with Crippen molar-refractivity contribution in [3.8, 4) is 45.0 Å². The Morgan fingerprint density at radius 3 is 1.46 bits per heavy atom. The molecular weight excluding hydrogens is 1140 g/mol. The van der Waals surface area contributed by atoms with Crippen LogP contribution in [0.3, 0.4) is 0 Å². The summed E-state index contributed by atoms with van der Waals surface area (Å²) in [7, 11) is 3.27. The van der Waals surface area contributed by atoms with Gasteiger partial charge in [0, 0.05) is 67.5 Å². The monoisotopic (exact) mass is 1190 g/mol. The number of aromatic amines is 2. The van der Waals surface area contributed by atoms with Crippen LogP contribution in [0.5, 0.6) is 11.5 Å². The summed E-state index contributed by atoms with van der Waals surface area (Å²) < 4.78 is 22.7. The predicted octanol–water partition coefficient (Wildman–Crippen LogP) is 13.4. The Bertz CT molecular complexity index is 3820. The molecule has 2 aliphatic rings. The van der Waals surface area contributed by atoms with Crippen LogP contribution in [0.1, 0.15) is 45.2 Å². The number of carbonyl (C=O) groups is 4. The Kier molecular flexibility index (Phi) is 17.1. The van der Waals surface area contributed by atoms with E-state index >= 15 is 0 Å². The van der Waals surface area contributed by atoms with Crippen molar-refractivity contribution in [3.63, 3.8) is 0 Å². The Hall–Kier alpha value is -9.35. The van der Waals surface area contributed by atoms with Crippen molar-refractivity contribution >= 4 is 68.5 Å². The Morgan fingerprint density at radius 2 is 0.963 bits per heavy atom. The van der Waals surface area contributed by atoms with Gasteiger partial charge in [0.2, 0.25) is 0 Å². The van der Waals surface area contributed by atoms with Gasteiger partial charge >= 0.3 is 24.1 Å². The molecule has 2 heterocycles. The molecule has 0 aliphatic heterocycles. The summed E-state index contributed by atoms with van der Waals surface area (Å²) in [6.07, 6.45) is 0.496. The average Bonchev–Trinajstić information content (AvgIpc) is 4.39. The number of aliphatic carboxylic acids is 2. The lowest BCUT2D eigenvalue weighted by molar-refractivity contribution is -0.140. The molecular formula is C66H57IN4O10. The Morgan fingerprint density at radius 1 is 0.519 bits per heavy atom. The molecule has 10 aromatic rings. The lowest BCUT2D eigenvalue weighted by atomic mass is 9.98. The number of fused-ring (bicyclic) bond motifs is 8. The van der Waals surface area contributed by atoms with E-state index in [1.54, 1.807) is 20.4 Å². The van der Waals surface area contributed by atoms with Gasteiger partial charge in [0.25, 0.3) is 0 Å². The number of nitrogens with one attached hydrogen (secondary N) is 4. The van der Waals surface area contributed by atoms with Crippen LogP contribution in [0.2, 0.25) is 0 Å². The van der Waals surface area contributed by atoms with E-state index < -0.39 is 36.2 Å². The van der Waals surface area contributed by atoms with E-state index in [0.717, 1.165) is 94.4 Å². The number of hydrogen-bond donors (Lipinski definition) is 6. The van der Waals surface area contributed by atoms with Gasteiger partial charge < -0.3 is 49.8 Å². The van der Waals surface area contributed by atoms with Crippen LogP contribution in [0.4, 0.5) is 9.59 Å². The smallest absolute Gasteiger partial charge is 0.407 e. The van der Waals surface area contributed by atoms with Gasteiger partial charge in [0.1, 0.15) is 36.8 Å². The van der Waals surface area contributed by atoms with Crippen molar-refractivity contribution in [1.29, 1.82) is 0 Å². The highest BCUT2D eigenvalue weighted by atomic mass is 127. The molecule has 2 atom stereocenters. The Balaban J connectivity index is 0.000000160. The summed E-state index contributed by atoms with van der Waals surface area (Å²) >= 11 is 2.25. The second-order valence-electron chi connectivity index (χ2n) is 19.4. The second-order valence-corrected chi connectivity index (χ2v) is 20.7. The van der Waals surface area contributed by atoms with Gasteiger partial charge in [-0.1, -0.05) is 152 Å². The fourth-order valence-electron chi connectivity index (χ4n) is 10.7. The molecule has 6 N–H and O–H groups in total. The molecule has 12 rings (SSSR count). The van der Waals surface area contributed by atoms with Gasteiger partial charge in [-0.3, -0.25) is 0 Å². The normalized spacial score (nSPS) is 12.7. The quantitative estimate of drug-likeness (QED) is 0.0537. The van der Waals surface area contributed by atoms with Crippen LogP contribution < -0.4 is 20.1 Å². The molecule has 81 heavy (non-hydrogen) atoms. The number of alkyl carbamates (subject to hydrolysis) is 2. The fraction of sp³-hybridized carbons (Fsp3) is 0.152. The van der Waals surface area contributed by atoms with Gasteiger partial charge in [0.15, 0.2) is 0 Å². The zero-order chi connectivity index (χ0) is 56.4. The number of H-pyrrole nitrogens is 2. The average molecular weight is 1190 g/mol. The van der Waals surface area contributed by atoms with E-state index in [4.69, 9.17) is 18.9 Å². The molecule has 0 spiro atoms. The molecule has 0 bridgehead atoms. The van der Waals surface area contributed by atoms with Gasteiger partial charge in [-0.25, -0.2) is 19.2 Å². The minimum Gasteiger partial charge on any atom is -0.497 e. The molecule has 8 aromatic carbocycles. The van der Waals surface area contributed by atoms with E-state index in [0.29, 0.717) is 5.75 Å². The number of benzene rings is 8. The number of ether oxygens (including phenoxy) is 4. The van der Waals surface area contributed by atoms with Crippen LogP contribution >= 0.6 is 22.6 Å². The number of carboxylic acids is 2. The maximum atomic E-state index is 12.9. The first-order chi connectivity index (χ1) is 39.5. The Labute approximate surface area is 481 Å². The number of halogens is 1. The van der Waals surface area contributed by atoms with Crippen molar-refractivity contribution in [1.82, 2.24) is 20.6 Å². The van der Waals surface area contributed by atoms with Crippen molar-refractivity contribution in [2.24, 2.45) is 0 Å². The fourth-order valence-corrected chi connectivity index (χ4v) is 11.2. The first-order valence-corrected chi connectivity index (χ1v) is 27.3. The molecule has 0 saturated carbocycles. The number of methoxy groups -OCH3 is 2. The number of carbonyl (C=O) groups excluding carboxylic acids is 2. The van der Waals surface area contributed by atoms with E-state index in [9.17, 15) is 29.4 Å². The molecule has 0 fully saturated rings. The van der Waals surface area contributed by atoms with E-state index in [1.807, 2.05) is 170 Å². The summed E-state index contributed by atoms with van der Waals surface area (Å²) in [5, 5.41) is 26.7. The third kappa shape index (κ3) is 12.4. The summed E-state index contributed by atoms with van der Waals surface area (Å²) in [4.78, 5) is 56.2. The van der Waals surface area contributed by atoms with Crippen molar-refractivity contribution in [2.75, 3.05) is 27.4 Å². The number of hydrogen-bond acceptors (Lipinski definition) is 8. The first kappa shape index (κ1) is 55.0. The number of amides is 2. The first-order valence-electron chi connectivity index (χ1n) is 26.2. The lowest BCUT2D eigenvalue weighted by Crippen LogP contribution is -2.43. The number of rotatable bonds is 15. The van der Waals surface area contributed by atoms with E-state index in [1.165, 1.54) is 3.57 Å². The largest absolute Gasteiger partial charge is 0.497 e. The molecule has 2 amide bonds. The number of para-hydroxylation sites is 2. The summed E-state index contributed by atoms with van der Waals surface area (Å²) in [5.74, 6) is -0.838. The van der Waals surface area contributed by atoms with Gasteiger partial charge in [-0.15, -0.1) is 0 Å². The molecule has 408 valence electrons. The number of carboxylic acid groups (broad SMARTS) is 2. The zero-order valence-corrected chi connectivity index (χ0v) is 46.4. The summed E-state index contributed by atoms with van der Waals surface area (Å²) in [6.45, 7) is 0.244. The third-order valence-corrected chi connectivity index (χ3v) is 15.2. The highest BCUT2D eigenvalue weighted by Crippen LogP contribution is 2.46. The van der Waals surface area contributed by atoms with Crippen LogP contribution in [0.15, 0.2) is 200 Å². The summed E-state index contributed by atoms with van der Waals surface area (Å²) in [6, 6.07) is 60.8. The highest BCUT2D eigenvalue weighted by molar-refractivity contribution is 14.1. The van der Waals surface area contributed by atoms with Crippen LogP contribution in [0.25, 0.3) is 55.3 Å². The number of aromatic nitrogens is 2. The van der Waals surface area contributed by atoms with E-state index in [2.05, 4.69) is 67.5 Å². The van der Waals surface area contributed by atoms with Crippen molar-refractivity contribution in [2.45, 2.75) is 36.8 Å². The molecule has 0 radical (unpaired) electrons. The summed E-state index contributed by atoms with van der Waals surface area (Å²) in [5.41, 5.74) is 14.0. The van der Waals surface area contributed by atoms with Gasteiger partial charge in [-0.05, 0) is 121 Å². The third-order valence-electron chi connectivity index (χ3n) is 14.6. The lowest BCUT2D eigenvalue weighted by Gasteiger charge is -2.18. The topological polar surface area (TPSA) is 201 Å². The highest BCUT2D eigenvalue weighted by Gasteiger charge is 2.32. The SMILES string of the molecule is COc1cccc(-c2[nH]c3ccccc3c2C[C@H](NC(=O)OCC2c3ccccc3-c3ccccc32)C(=O)O)c1.COc1cccc(I)c1.O=C(N[C@@H](Cc1c[nH]c2ccccc12)C(=O)O)OCC1c2ccccc2-c2ccccc21. The maximum absolute atomic E-state index is 12.9. The van der Waals surface area contributed by atoms with Gasteiger partial charge in [-0.2, -0.15) is 0 Å². The standard InChI is InChI=1S/C33H28N2O5.C26H22N2O4.C7H7IO/c1-39-21-10-8-9-20(17-21)31-27(26-15-6-7-16-29(26)34-31)18-30(32(36)37)35-33(38)40-19-28-24-13-4-2-11-22(24)23-12-3-5-14-25(23)28;29-25(30)24(13-16-14-27-23-12-6-5-7-17(16)23)28-26(31)32-15-22-20-10-3-1-8-18(20)19-9-2-4-11-21(19)22;1-9-7-4-2-3-6(8)5-7/h2-17,28,30,34H,18-19H2,1H3,(H,35,38)(H,36,37);1-12,14,22,24,27H,13,15H2,(H,28,31)(H,29,30);2-5H,1H3/t30-;24-;/m00./s1. The molecule has 15 heteroatoms. The van der Waals surface area contributed by atoms with Crippen LogP contribution in [0, 0.1) is 3.57 Å². The van der Waals surface area contributed by atoms with E-state index in [-0.39, 0.29) is 37.9 Å². The predicted molar refractivity (Wildman–Crippen MR) is 321 cm³/mol. The second kappa shape index (κ2) is 25.2. The molecule has 0 unspecified atom stereocenters. The van der Waals surface area contributed by atoms with Crippen LogP contribution in [-0.2, 0) is 31.9 Å². The molecule has 2 aromatic heterocycles.